The molecule has 0 bridgehead atoms. The highest BCUT2D eigenvalue weighted by Gasteiger charge is 2.46. The van der Waals surface area contributed by atoms with Crippen LogP contribution in [0.25, 0.3) is 0 Å². The van der Waals surface area contributed by atoms with E-state index in [0.29, 0.717) is 17.7 Å². The molecule has 2 fully saturated rings. The van der Waals surface area contributed by atoms with Crippen molar-refractivity contribution < 1.29 is 13.6 Å². The van der Waals surface area contributed by atoms with Gasteiger partial charge in [0, 0.05) is 19.8 Å². The van der Waals surface area contributed by atoms with Crippen LogP contribution in [-0.2, 0) is 13.6 Å². The van der Waals surface area contributed by atoms with E-state index in [9.17, 15) is 0 Å². The van der Waals surface area contributed by atoms with Gasteiger partial charge < -0.3 is 13.6 Å². The van der Waals surface area contributed by atoms with Crippen LogP contribution < -0.4 is 0 Å². The molecule has 0 aromatic rings. The fourth-order valence-corrected chi connectivity index (χ4v) is 5.09. The molecule has 0 radical (unpaired) electrons. The van der Waals surface area contributed by atoms with E-state index < -0.39 is 9.28 Å². The van der Waals surface area contributed by atoms with E-state index in [2.05, 4.69) is 6.92 Å². The molecule has 88 valence electrons. The van der Waals surface area contributed by atoms with Crippen LogP contribution in [0, 0.1) is 5.92 Å². The third-order valence-electron chi connectivity index (χ3n) is 3.94. The highest BCUT2D eigenvalue weighted by atomic mass is 28.3. The topological polar surface area (TPSA) is 31.0 Å². The van der Waals surface area contributed by atoms with E-state index in [1.807, 2.05) is 0 Å². The molecule has 1 aliphatic heterocycles. The lowest BCUT2D eigenvalue weighted by atomic mass is 9.86. The first-order valence-corrected chi connectivity index (χ1v) is 7.62. The van der Waals surface area contributed by atoms with Crippen molar-refractivity contribution >= 4 is 9.28 Å². The van der Waals surface area contributed by atoms with Gasteiger partial charge in [-0.25, -0.2) is 0 Å². The van der Waals surface area contributed by atoms with Gasteiger partial charge >= 0.3 is 9.28 Å². The van der Waals surface area contributed by atoms with Crippen molar-refractivity contribution in [3.63, 3.8) is 0 Å². The molecule has 1 saturated carbocycles. The summed E-state index contributed by atoms with van der Waals surface area (Å²) in [6, 6.07) is 0. The van der Waals surface area contributed by atoms with Crippen molar-refractivity contribution in [2.45, 2.75) is 50.4 Å². The van der Waals surface area contributed by atoms with Gasteiger partial charge in [0.25, 0.3) is 0 Å². The van der Waals surface area contributed by atoms with Crippen LogP contribution in [0.5, 0.6) is 0 Å². The first kappa shape index (κ1) is 11.6. The molecule has 4 unspecified atom stereocenters. The lowest BCUT2D eigenvalue weighted by Crippen LogP contribution is -2.33. The predicted molar refractivity (Wildman–Crippen MR) is 61.2 cm³/mol. The molecule has 2 rings (SSSR count). The third kappa shape index (κ3) is 2.44. The van der Waals surface area contributed by atoms with Gasteiger partial charge in [-0.1, -0.05) is 13.3 Å². The van der Waals surface area contributed by atoms with Crippen LogP contribution in [0.15, 0.2) is 0 Å². The fraction of sp³-hybridized carbons (Fsp3) is 1.00. The summed E-state index contributed by atoms with van der Waals surface area (Å²) in [5.41, 5.74) is 0.658. The number of ether oxygens (including phenoxy) is 1. The Bertz CT molecular complexity index is 208. The van der Waals surface area contributed by atoms with E-state index in [1.54, 1.807) is 14.2 Å². The first-order valence-electron chi connectivity index (χ1n) is 6.01. The van der Waals surface area contributed by atoms with Crippen molar-refractivity contribution in [2.24, 2.45) is 5.92 Å². The van der Waals surface area contributed by atoms with Crippen LogP contribution in [0.1, 0.15) is 32.6 Å². The van der Waals surface area contributed by atoms with Gasteiger partial charge in [-0.2, -0.15) is 0 Å². The molecule has 1 saturated heterocycles. The average Bonchev–Trinajstić information content (AvgIpc) is 3.03. The second kappa shape index (κ2) is 4.95. The van der Waals surface area contributed by atoms with Gasteiger partial charge in [-0.15, -0.1) is 0 Å². The summed E-state index contributed by atoms with van der Waals surface area (Å²) in [5.74, 6) is 0.773. The Morgan fingerprint density at radius 1 is 1.27 bits per heavy atom. The summed E-state index contributed by atoms with van der Waals surface area (Å²) in [5, 5.41) is 0. The number of fused-ring (bicyclic) bond motifs is 1. The summed E-state index contributed by atoms with van der Waals surface area (Å²) in [4.78, 5) is 0. The normalized spacial score (nSPS) is 36.4. The molecule has 3 nitrogen and oxygen atoms in total. The molecule has 0 spiro atoms. The average molecular weight is 230 g/mol. The minimum Gasteiger partial charge on any atom is -0.400 e. The van der Waals surface area contributed by atoms with Crippen molar-refractivity contribution in [1.82, 2.24) is 0 Å². The fourth-order valence-electron chi connectivity index (χ4n) is 3.02. The van der Waals surface area contributed by atoms with Crippen molar-refractivity contribution in [2.75, 3.05) is 14.2 Å². The second-order valence-electron chi connectivity index (χ2n) is 4.70. The zero-order valence-electron chi connectivity index (χ0n) is 9.94. The molecule has 0 aromatic carbocycles. The Labute approximate surface area is 93.9 Å². The summed E-state index contributed by atoms with van der Waals surface area (Å²) in [6.45, 7) is 2.25. The highest BCUT2D eigenvalue weighted by molar-refractivity contribution is 6.46. The molecule has 2 aliphatic rings. The van der Waals surface area contributed by atoms with Crippen LogP contribution in [0.4, 0.5) is 0 Å². The molecule has 0 aromatic heterocycles. The van der Waals surface area contributed by atoms with E-state index in [1.165, 1.54) is 25.7 Å². The summed E-state index contributed by atoms with van der Waals surface area (Å²) in [7, 11) is 2.14. The SMILES string of the molecule is CCC(C1CCC2OC2C1)[SiH](OC)OC. The molecule has 0 amide bonds. The molecular formula is C11H22O3Si. The molecule has 1 aliphatic carbocycles. The molecule has 15 heavy (non-hydrogen) atoms. The van der Waals surface area contributed by atoms with Crippen molar-refractivity contribution in [3.8, 4) is 0 Å². The largest absolute Gasteiger partial charge is 0.400 e. The highest BCUT2D eigenvalue weighted by Crippen LogP contribution is 2.45. The maximum absolute atomic E-state index is 5.58. The van der Waals surface area contributed by atoms with Gasteiger partial charge in [0.2, 0.25) is 0 Å². The Kier molecular flexibility index (Phi) is 3.82. The Hall–Kier alpha value is 0.0969. The maximum Gasteiger partial charge on any atom is 0.324 e. The van der Waals surface area contributed by atoms with E-state index in [4.69, 9.17) is 13.6 Å². The number of rotatable bonds is 5. The van der Waals surface area contributed by atoms with Gasteiger partial charge in [0.15, 0.2) is 0 Å². The minimum absolute atomic E-state index is 0.571. The molecule has 0 N–H and O–H groups in total. The lowest BCUT2D eigenvalue weighted by molar-refractivity contribution is 0.233. The summed E-state index contributed by atoms with van der Waals surface area (Å²) < 4.78 is 16.6. The van der Waals surface area contributed by atoms with Crippen molar-refractivity contribution in [1.29, 1.82) is 0 Å². The predicted octanol–water partition coefficient (Wildman–Crippen LogP) is 1.85. The zero-order chi connectivity index (χ0) is 10.8. The smallest absolute Gasteiger partial charge is 0.324 e. The Morgan fingerprint density at radius 3 is 2.53 bits per heavy atom. The maximum atomic E-state index is 5.58. The molecule has 4 heteroatoms. The lowest BCUT2D eigenvalue weighted by Gasteiger charge is -2.31. The van der Waals surface area contributed by atoms with Crippen LogP contribution in [-0.4, -0.2) is 35.7 Å². The van der Waals surface area contributed by atoms with Gasteiger partial charge in [0.05, 0.1) is 12.2 Å². The Morgan fingerprint density at radius 2 is 2.00 bits per heavy atom. The summed E-state index contributed by atoms with van der Waals surface area (Å²) in [6.07, 6.45) is 6.14. The first-order chi connectivity index (χ1) is 7.30. The van der Waals surface area contributed by atoms with Gasteiger partial charge in [-0.05, 0) is 25.2 Å². The monoisotopic (exact) mass is 230 g/mol. The minimum atomic E-state index is -1.44. The third-order valence-corrected chi connectivity index (χ3v) is 6.58. The molecule has 4 atom stereocenters. The zero-order valence-corrected chi connectivity index (χ0v) is 11.1. The van der Waals surface area contributed by atoms with Crippen LogP contribution >= 0.6 is 0 Å². The molecular weight excluding hydrogens is 208 g/mol. The van der Waals surface area contributed by atoms with Crippen LogP contribution in [0.3, 0.4) is 0 Å². The number of hydrogen-bond donors (Lipinski definition) is 0. The standard InChI is InChI=1S/C11H22O3Si/c1-4-11(15(12-2)13-3)8-5-6-9-10(7-8)14-9/h8-11,15H,4-7H2,1-3H3. The quantitative estimate of drug-likeness (QED) is 0.533. The van der Waals surface area contributed by atoms with Gasteiger partial charge in [-0.3, -0.25) is 0 Å². The summed E-state index contributed by atoms with van der Waals surface area (Å²) >= 11 is 0. The van der Waals surface area contributed by atoms with Gasteiger partial charge in [0.1, 0.15) is 0 Å². The van der Waals surface area contributed by atoms with E-state index in [0.717, 1.165) is 5.92 Å². The number of epoxide rings is 1. The molecule has 1 heterocycles. The van der Waals surface area contributed by atoms with E-state index >= 15 is 0 Å². The Balaban J connectivity index is 1.92. The van der Waals surface area contributed by atoms with Crippen molar-refractivity contribution in [3.05, 3.63) is 0 Å². The van der Waals surface area contributed by atoms with Crippen LogP contribution in [0.2, 0.25) is 5.54 Å². The second-order valence-corrected chi connectivity index (χ2v) is 7.23. The van der Waals surface area contributed by atoms with E-state index in [-0.39, 0.29) is 0 Å². The number of hydrogen-bond acceptors (Lipinski definition) is 3.